The number of amides is 1. The van der Waals surface area contributed by atoms with Gasteiger partial charge in [0.2, 0.25) is 5.91 Å². The third-order valence-corrected chi connectivity index (χ3v) is 5.02. The summed E-state index contributed by atoms with van der Waals surface area (Å²) in [4.78, 5) is 12.7. The minimum atomic E-state index is -0.478. The predicted octanol–water partition coefficient (Wildman–Crippen LogP) is 4.39. The van der Waals surface area contributed by atoms with Crippen molar-refractivity contribution in [2.75, 3.05) is 5.32 Å². The zero-order valence-electron chi connectivity index (χ0n) is 14.2. The molecule has 0 heterocycles. The van der Waals surface area contributed by atoms with Crippen LogP contribution in [0.2, 0.25) is 0 Å². The number of rotatable bonds is 4. The van der Waals surface area contributed by atoms with E-state index in [1.165, 1.54) is 6.42 Å². The van der Waals surface area contributed by atoms with Crippen LogP contribution < -0.4 is 5.32 Å². The zero-order chi connectivity index (χ0) is 16.3. The molecule has 1 amide bonds. The van der Waals surface area contributed by atoms with Gasteiger partial charge in [0.1, 0.15) is 0 Å². The molecule has 0 radical (unpaired) electrons. The third-order valence-electron chi connectivity index (χ3n) is 5.02. The first-order valence-electron chi connectivity index (χ1n) is 8.47. The van der Waals surface area contributed by atoms with Gasteiger partial charge in [0.25, 0.3) is 0 Å². The summed E-state index contributed by atoms with van der Waals surface area (Å²) >= 11 is 0. The maximum absolute atomic E-state index is 12.7. The molecule has 0 saturated heterocycles. The van der Waals surface area contributed by atoms with E-state index < -0.39 is 6.10 Å². The summed E-state index contributed by atoms with van der Waals surface area (Å²) < 4.78 is 0. The van der Waals surface area contributed by atoms with Crippen LogP contribution in [0.1, 0.15) is 58.6 Å². The van der Waals surface area contributed by atoms with Crippen LogP contribution in [0, 0.1) is 23.7 Å². The van der Waals surface area contributed by atoms with Gasteiger partial charge in [0.15, 0.2) is 0 Å². The SMILES string of the molecule is CC(O)c1ccc(NC(=O)[C@@H]2C[C@H](C)CC[C@H]2C(C)C)cc1. The van der Waals surface area contributed by atoms with Crippen molar-refractivity contribution in [2.24, 2.45) is 23.7 Å². The summed E-state index contributed by atoms with van der Waals surface area (Å²) in [5.74, 6) is 1.91. The van der Waals surface area contributed by atoms with E-state index in [1.807, 2.05) is 24.3 Å². The van der Waals surface area contributed by atoms with Gasteiger partial charge in [-0.25, -0.2) is 0 Å². The van der Waals surface area contributed by atoms with Gasteiger partial charge in [-0.2, -0.15) is 0 Å². The Labute approximate surface area is 134 Å². The van der Waals surface area contributed by atoms with Crippen LogP contribution in [0.15, 0.2) is 24.3 Å². The normalized spacial score (nSPS) is 26.7. The fraction of sp³-hybridized carbons (Fsp3) is 0.632. The summed E-state index contributed by atoms with van der Waals surface area (Å²) in [6.07, 6.45) is 2.89. The minimum Gasteiger partial charge on any atom is -0.389 e. The van der Waals surface area contributed by atoms with E-state index in [0.29, 0.717) is 17.8 Å². The number of nitrogens with one attached hydrogen (secondary N) is 1. The van der Waals surface area contributed by atoms with Crippen molar-refractivity contribution in [2.45, 2.75) is 53.1 Å². The highest BCUT2D eigenvalue weighted by atomic mass is 16.3. The molecule has 3 nitrogen and oxygen atoms in total. The summed E-state index contributed by atoms with van der Waals surface area (Å²) in [5.41, 5.74) is 1.68. The first-order chi connectivity index (χ1) is 10.4. The number of aliphatic hydroxyl groups excluding tert-OH is 1. The molecule has 1 fully saturated rings. The zero-order valence-corrected chi connectivity index (χ0v) is 14.2. The lowest BCUT2D eigenvalue weighted by Crippen LogP contribution is -2.36. The molecule has 1 aromatic rings. The molecule has 1 unspecified atom stereocenters. The fourth-order valence-corrected chi connectivity index (χ4v) is 3.58. The molecule has 122 valence electrons. The van der Waals surface area contributed by atoms with E-state index >= 15 is 0 Å². The van der Waals surface area contributed by atoms with E-state index in [0.717, 1.165) is 24.1 Å². The maximum atomic E-state index is 12.7. The molecule has 0 bridgehead atoms. The quantitative estimate of drug-likeness (QED) is 0.867. The average molecular weight is 303 g/mol. The van der Waals surface area contributed by atoms with Crippen molar-refractivity contribution in [3.8, 4) is 0 Å². The lowest BCUT2D eigenvalue weighted by molar-refractivity contribution is -0.123. The number of anilines is 1. The van der Waals surface area contributed by atoms with E-state index in [1.54, 1.807) is 6.92 Å². The topological polar surface area (TPSA) is 49.3 Å². The maximum Gasteiger partial charge on any atom is 0.227 e. The van der Waals surface area contributed by atoms with Crippen LogP contribution in [-0.2, 0) is 4.79 Å². The standard InChI is InChI=1S/C19H29NO2/c1-12(2)17-10-5-13(3)11-18(17)19(22)20-16-8-6-15(7-9-16)14(4)21/h6-9,12-14,17-18,21H,5,10-11H2,1-4H3,(H,20,22)/t13-,14?,17+,18-/m1/s1. The highest BCUT2D eigenvalue weighted by Crippen LogP contribution is 2.38. The second-order valence-corrected chi connectivity index (χ2v) is 7.22. The fourth-order valence-electron chi connectivity index (χ4n) is 3.58. The van der Waals surface area contributed by atoms with Gasteiger partial charge in [0, 0.05) is 11.6 Å². The molecule has 2 rings (SSSR count). The Balaban J connectivity index is 2.05. The lowest BCUT2D eigenvalue weighted by atomic mass is 9.70. The Morgan fingerprint density at radius 3 is 2.36 bits per heavy atom. The smallest absolute Gasteiger partial charge is 0.227 e. The molecule has 1 aromatic carbocycles. The summed E-state index contributed by atoms with van der Waals surface area (Å²) in [6, 6.07) is 7.47. The molecule has 3 heteroatoms. The third kappa shape index (κ3) is 4.10. The number of carbonyl (C=O) groups excluding carboxylic acids is 1. The van der Waals surface area contributed by atoms with E-state index in [9.17, 15) is 9.90 Å². The molecule has 0 aromatic heterocycles. The highest BCUT2D eigenvalue weighted by Gasteiger charge is 2.35. The average Bonchev–Trinajstić information content (AvgIpc) is 2.47. The van der Waals surface area contributed by atoms with E-state index in [4.69, 9.17) is 0 Å². The number of hydrogen-bond donors (Lipinski definition) is 2. The Morgan fingerprint density at radius 1 is 1.18 bits per heavy atom. The molecule has 0 aliphatic heterocycles. The van der Waals surface area contributed by atoms with Crippen molar-refractivity contribution in [3.05, 3.63) is 29.8 Å². The second kappa shape index (κ2) is 7.28. The van der Waals surface area contributed by atoms with E-state index in [-0.39, 0.29) is 11.8 Å². The number of carbonyl (C=O) groups is 1. The highest BCUT2D eigenvalue weighted by molar-refractivity contribution is 5.92. The van der Waals surface area contributed by atoms with Crippen LogP contribution in [-0.4, -0.2) is 11.0 Å². The Hall–Kier alpha value is -1.35. The van der Waals surface area contributed by atoms with Gasteiger partial charge in [-0.1, -0.05) is 39.3 Å². The van der Waals surface area contributed by atoms with Crippen LogP contribution in [0.4, 0.5) is 5.69 Å². The number of hydrogen-bond acceptors (Lipinski definition) is 2. The monoisotopic (exact) mass is 303 g/mol. The Morgan fingerprint density at radius 2 is 1.82 bits per heavy atom. The Bertz CT molecular complexity index is 493. The Kier molecular flexibility index (Phi) is 5.63. The molecule has 0 spiro atoms. The van der Waals surface area contributed by atoms with Crippen LogP contribution in [0.5, 0.6) is 0 Å². The molecular formula is C19H29NO2. The largest absolute Gasteiger partial charge is 0.389 e. The lowest BCUT2D eigenvalue weighted by Gasteiger charge is -2.36. The van der Waals surface area contributed by atoms with Crippen LogP contribution in [0.25, 0.3) is 0 Å². The molecule has 2 N–H and O–H groups in total. The van der Waals surface area contributed by atoms with Crippen molar-refractivity contribution in [1.29, 1.82) is 0 Å². The number of benzene rings is 1. The predicted molar refractivity (Wildman–Crippen MR) is 90.5 cm³/mol. The molecule has 1 saturated carbocycles. The molecule has 1 aliphatic rings. The minimum absolute atomic E-state index is 0.111. The van der Waals surface area contributed by atoms with Gasteiger partial charge in [-0.3, -0.25) is 4.79 Å². The van der Waals surface area contributed by atoms with Gasteiger partial charge >= 0.3 is 0 Å². The van der Waals surface area contributed by atoms with Crippen molar-refractivity contribution in [3.63, 3.8) is 0 Å². The van der Waals surface area contributed by atoms with Crippen molar-refractivity contribution >= 4 is 11.6 Å². The summed E-state index contributed by atoms with van der Waals surface area (Å²) in [5, 5.41) is 12.6. The van der Waals surface area contributed by atoms with Gasteiger partial charge in [-0.05, 0) is 55.2 Å². The van der Waals surface area contributed by atoms with E-state index in [2.05, 4.69) is 26.1 Å². The molecule has 4 atom stereocenters. The van der Waals surface area contributed by atoms with Gasteiger partial charge in [0.05, 0.1) is 6.10 Å². The second-order valence-electron chi connectivity index (χ2n) is 7.22. The summed E-state index contributed by atoms with van der Waals surface area (Å²) in [7, 11) is 0. The molecule has 1 aliphatic carbocycles. The van der Waals surface area contributed by atoms with Crippen LogP contribution in [0.3, 0.4) is 0 Å². The molecule has 22 heavy (non-hydrogen) atoms. The van der Waals surface area contributed by atoms with Crippen molar-refractivity contribution in [1.82, 2.24) is 0 Å². The van der Waals surface area contributed by atoms with Gasteiger partial charge < -0.3 is 10.4 Å². The van der Waals surface area contributed by atoms with Gasteiger partial charge in [-0.15, -0.1) is 0 Å². The number of aliphatic hydroxyl groups is 1. The first-order valence-corrected chi connectivity index (χ1v) is 8.47. The van der Waals surface area contributed by atoms with Crippen molar-refractivity contribution < 1.29 is 9.90 Å². The summed E-state index contributed by atoms with van der Waals surface area (Å²) in [6.45, 7) is 8.43. The first kappa shape index (κ1) is 17.0. The van der Waals surface area contributed by atoms with Crippen LogP contribution >= 0.6 is 0 Å². The molecular weight excluding hydrogens is 274 g/mol.